The van der Waals surface area contributed by atoms with Crippen LogP contribution in [0.2, 0.25) is 0 Å². The lowest BCUT2D eigenvalue weighted by molar-refractivity contribution is -0.159. The second-order valence-electron chi connectivity index (χ2n) is 5.95. The molecule has 1 aromatic carbocycles. The highest BCUT2D eigenvalue weighted by Crippen LogP contribution is 2.15. The third-order valence-corrected chi connectivity index (χ3v) is 4.21. The first kappa shape index (κ1) is 18.3. The number of carboxylic acid groups (broad SMARTS) is 1. The van der Waals surface area contributed by atoms with E-state index in [2.05, 4.69) is 12.1 Å². The topological polar surface area (TPSA) is 76.1 Å². The fourth-order valence-corrected chi connectivity index (χ4v) is 2.76. The van der Waals surface area contributed by atoms with Crippen LogP contribution in [0.3, 0.4) is 0 Å². The molecule has 24 heavy (non-hydrogen) atoms. The molecule has 2 rings (SSSR count). The third-order valence-electron chi connectivity index (χ3n) is 4.21. The molecule has 1 saturated heterocycles. The van der Waals surface area contributed by atoms with Crippen molar-refractivity contribution >= 4 is 11.9 Å². The number of aliphatic carboxylic acids is 1. The van der Waals surface area contributed by atoms with Crippen molar-refractivity contribution in [3.8, 4) is 5.75 Å². The number of carbonyl (C=O) groups is 2. The predicted octanol–water partition coefficient (Wildman–Crippen LogP) is 2.11. The van der Waals surface area contributed by atoms with Gasteiger partial charge in [0.2, 0.25) is 5.91 Å². The Morgan fingerprint density at radius 3 is 2.67 bits per heavy atom. The van der Waals surface area contributed by atoms with E-state index >= 15 is 0 Å². The molecule has 6 heteroatoms. The fraction of sp³-hybridized carbons (Fsp3) is 0.556. The molecule has 1 aliphatic heterocycles. The first-order valence-corrected chi connectivity index (χ1v) is 8.35. The van der Waals surface area contributed by atoms with Crippen molar-refractivity contribution in [1.29, 1.82) is 0 Å². The number of carbonyl (C=O) groups excluding carboxylic acids is 1. The zero-order chi connectivity index (χ0) is 17.4. The molecule has 0 bridgehead atoms. The van der Waals surface area contributed by atoms with Crippen LogP contribution in [0.1, 0.15) is 31.2 Å². The van der Waals surface area contributed by atoms with Crippen molar-refractivity contribution in [2.45, 2.75) is 38.2 Å². The molecule has 1 fully saturated rings. The summed E-state index contributed by atoms with van der Waals surface area (Å²) in [6.07, 6.45) is 3.39. The molecule has 0 spiro atoms. The van der Waals surface area contributed by atoms with Gasteiger partial charge < -0.3 is 19.5 Å². The summed E-state index contributed by atoms with van der Waals surface area (Å²) in [5.41, 5.74) is 1.26. The summed E-state index contributed by atoms with van der Waals surface area (Å²) in [7, 11) is 1.65. The van der Waals surface area contributed by atoms with Gasteiger partial charge in [-0.15, -0.1) is 0 Å². The summed E-state index contributed by atoms with van der Waals surface area (Å²) in [4.78, 5) is 24.7. The van der Waals surface area contributed by atoms with Gasteiger partial charge in [0, 0.05) is 13.0 Å². The smallest absolute Gasteiger partial charge is 0.334 e. The number of ether oxygens (including phenoxy) is 2. The van der Waals surface area contributed by atoms with Crippen LogP contribution in [0.15, 0.2) is 24.3 Å². The van der Waals surface area contributed by atoms with E-state index in [-0.39, 0.29) is 12.5 Å². The first-order valence-electron chi connectivity index (χ1n) is 8.35. The molecular weight excluding hydrogens is 310 g/mol. The van der Waals surface area contributed by atoms with E-state index in [1.807, 2.05) is 12.1 Å². The molecule has 6 nitrogen and oxygen atoms in total. The number of morpholine rings is 1. The standard InChI is InChI=1S/C18H25NO5/c1-23-15-9-7-14(8-10-15)5-3-2-4-6-17(20)19-11-12-24-16(13-19)18(21)22/h7-10,16H,2-6,11-13H2,1H3,(H,21,22)/t16-/m0/s1. The minimum absolute atomic E-state index is 0.0222. The molecule has 1 aromatic rings. The van der Waals surface area contributed by atoms with E-state index in [4.69, 9.17) is 14.6 Å². The van der Waals surface area contributed by atoms with Crippen LogP contribution in [0.5, 0.6) is 5.75 Å². The second-order valence-corrected chi connectivity index (χ2v) is 5.95. The summed E-state index contributed by atoms with van der Waals surface area (Å²) in [5.74, 6) is -0.129. The lowest BCUT2D eigenvalue weighted by Gasteiger charge is -2.30. The maximum atomic E-state index is 12.1. The Morgan fingerprint density at radius 2 is 2.00 bits per heavy atom. The average molecular weight is 335 g/mol. The monoisotopic (exact) mass is 335 g/mol. The van der Waals surface area contributed by atoms with Gasteiger partial charge in [-0.05, 0) is 37.0 Å². The van der Waals surface area contributed by atoms with Crippen molar-refractivity contribution in [3.05, 3.63) is 29.8 Å². The van der Waals surface area contributed by atoms with Crippen molar-refractivity contribution in [2.24, 2.45) is 0 Å². The largest absolute Gasteiger partial charge is 0.497 e. The van der Waals surface area contributed by atoms with Gasteiger partial charge in [0.1, 0.15) is 5.75 Å². The number of benzene rings is 1. The number of rotatable bonds is 8. The van der Waals surface area contributed by atoms with Crippen LogP contribution in [0.25, 0.3) is 0 Å². The third kappa shape index (κ3) is 5.53. The van der Waals surface area contributed by atoms with E-state index in [0.29, 0.717) is 19.6 Å². The van der Waals surface area contributed by atoms with Gasteiger partial charge in [0.25, 0.3) is 0 Å². The number of methoxy groups -OCH3 is 1. The fourth-order valence-electron chi connectivity index (χ4n) is 2.76. The van der Waals surface area contributed by atoms with Crippen LogP contribution in [-0.4, -0.2) is 54.8 Å². The highest BCUT2D eigenvalue weighted by Gasteiger charge is 2.28. The van der Waals surface area contributed by atoms with Gasteiger partial charge in [-0.3, -0.25) is 4.79 Å². The van der Waals surface area contributed by atoms with Gasteiger partial charge >= 0.3 is 5.97 Å². The lowest BCUT2D eigenvalue weighted by Crippen LogP contribution is -2.48. The first-order chi connectivity index (χ1) is 11.6. The predicted molar refractivity (Wildman–Crippen MR) is 89.1 cm³/mol. The van der Waals surface area contributed by atoms with Gasteiger partial charge in [0.05, 0.1) is 20.3 Å². The Morgan fingerprint density at radius 1 is 1.25 bits per heavy atom. The quantitative estimate of drug-likeness (QED) is 0.736. The molecule has 1 atom stereocenters. The number of nitrogens with zero attached hydrogens (tertiary/aromatic N) is 1. The van der Waals surface area contributed by atoms with E-state index in [1.165, 1.54) is 5.56 Å². The molecule has 1 amide bonds. The van der Waals surface area contributed by atoms with Crippen molar-refractivity contribution in [2.75, 3.05) is 26.8 Å². The zero-order valence-corrected chi connectivity index (χ0v) is 14.1. The maximum Gasteiger partial charge on any atom is 0.334 e. The summed E-state index contributed by atoms with van der Waals surface area (Å²) in [6, 6.07) is 8.03. The van der Waals surface area contributed by atoms with E-state index < -0.39 is 12.1 Å². The summed E-state index contributed by atoms with van der Waals surface area (Å²) in [6.45, 7) is 0.925. The van der Waals surface area contributed by atoms with Crippen LogP contribution in [-0.2, 0) is 20.7 Å². The van der Waals surface area contributed by atoms with E-state index in [1.54, 1.807) is 12.0 Å². The van der Waals surface area contributed by atoms with Crippen LogP contribution in [0, 0.1) is 0 Å². The van der Waals surface area contributed by atoms with Crippen molar-refractivity contribution < 1.29 is 24.2 Å². The Kier molecular flexibility index (Phi) is 7.06. The molecule has 1 heterocycles. The van der Waals surface area contributed by atoms with Gasteiger partial charge in [0.15, 0.2) is 6.10 Å². The molecular formula is C18H25NO5. The van der Waals surface area contributed by atoms with Crippen molar-refractivity contribution in [1.82, 2.24) is 4.90 Å². The summed E-state index contributed by atoms with van der Waals surface area (Å²) < 4.78 is 10.3. The molecule has 0 aromatic heterocycles. The number of aryl methyl sites for hydroxylation is 1. The van der Waals surface area contributed by atoms with Crippen LogP contribution >= 0.6 is 0 Å². The molecule has 0 unspecified atom stereocenters. The zero-order valence-electron chi connectivity index (χ0n) is 14.1. The minimum atomic E-state index is -1.01. The number of hydrogen-bond acceptors (Lipinski definition) is 4. The molecule has 1 aliphatic rings. The van der Waals surface area contributed by atoms with Crippen molar-refractivity contribution in [3.63, 3.8) is 0 Å². The Hall–Kier alpha value is -2.08. The second kappa shape index (κ2) is 9.27. The van der Waals surface area contributed by atoms with Gasteiger partial charge in [-0.1, -0.05) is 18.6 Å². The van der Waals surface area contributed by atoms with E-state index in [0.717, 1.165) is 31.4 Å². The lowest BCUT2D eigenvalue weighted by atomic mass is 10.1. The average Bonchev–Trinajstić information content (AvgIpc) is 2.62. The number of carboxylic acids is 1. The van der Waals surface area contributed by atoms with Crippen LogP contribution in [0.4, 0.5) is 0 Å². The Labute approximate surface area is 142 Å². The number of unbranched alkanes of at least 4 members (excludes halogenated alkanes) is 2. The highest BCUT2D eigenvalue weighted by molar-refractivity contribution is 5.78. The number of amides is 1. The molecule has 0 aliphatic carbocycles. The number of hydrogen-bond donors (Lipinski definition) is 1. The summed E-state index contributed by atoms with van der Waals surface area (Å²) >= 11 is 0. The van der Waals surface area contributed by atoms with Crippen LogP contribution < -0.4 is 4.74 Å². The van der Waals surface area contributed by atoms with E-state index in [9.17, 15) is 9.59 Å². The molecule has 0 saturated carbocycles. The van der Waals surface area contributed by atoms with Gasteiger partial charge in [-0.25, -0.2) is 4.79 Å². The Bertz CT molecular complexity index is 543. The minimum Gasteiger partial charge on any atom is -0.497 e. The molecule has 1 N–H and O–H groups in total. The highest BCUT2D eigenvalue weighted by atomic mass is 16.5. The Balaban J connectivity index is 1.62. The maximum absolute atomic E-state index is 12.1. The molecule has 0 radical (unpaired) electrons. The molecule has 132 valence electrons. The van der Waals surface area contributed by atoms with Gasteiger partial charge in [-0.2, -0.15) is 0 Å². The SMILES string of the molecule is COc1ccc(CCCCCC(=O)N2CCO[C@H](C(=O)O)C2)cc1. The normalized spacial score (nSPS) is 17.5. The summed E-state index contributed by atoms with van der Waals surface area (Å²) in [5, 5.41) is 8.95.